The van der Waals surface area contributed by atoms with E-state index >= 15 is 0 Å². The van der Waals surface area contributed by atoms with Crippen LogP contribution in [0, 0.1) is 6.92 Å². The van der Waals surface area contributed by atoms with Gasteiger partial charge >= 0.3 is 0 Å². The van der Waals surface area contributed by atoms with Gasteiger partial charge in [-0.25, -0.2) is 4.98 Å². The van der Waals surface area contributed by atoms with Crippen LogP contribution in [-0.4, -0.2) is 10.9 Å². The molecule has 1 heterocycles. The summed E-state index contributed by atoms with van der Waals surface area (Å²) in [7, 11) is 0. The number of carbonyl (C=O) groups excluding carboxylic acids is 1. The minimum absolute atomic E-state index is 0.166. The first-order valence-corrected chi connectivity index (χ1v) is 8.35. The van der Waals surface area contributed by atoms with Crippen LogP contribution in [0.25, 0.3) is 10.4 Å². The number of hydrogen-bond donors (Lipinski definition) is 1. The van der Waals surface area contributed by atoms with Crippen molar-refractivity contribution >= 4 is 38.3 Å². The third-order valence-electron chi connectivity index (χ3n) is 3.17. The van der Waals surface area contributed by atoms with Gasteiger partial charge in [-0.3, -0.25) is 10.1 Å². The van der Waals surface area contributed by atoms with Crippen molar-refractivity contribution in [2.45, 2.75) is 6.92 Å². The molecule has 3 nitrogen and oxygen atoms in total. The number of thiazole rings is 1. The van der Waals surface area contributed by atoms with Crippen molar-refractivity contribution in [3.63, 3.8) is 0 Å². The van der Waals surface area contributed by atoms with E-state index in [1.165, 1.54) is 11.3 Å². The van der Waals surface area contributed by atoms with Gasteiger partial charge in [0, 0.05) is 4.47 Å². The van der Waals surface area contributed by atoms with Crippen molar-refractivity contribution < 1.29 is 4.79 Å². The average Bonchev–Trinajstić information content (AvgIpc) is 2.89. The lowest BCUT2D eigenvalue weighted by atomic mass is 10.2. The molecule has 1 aromatic heterocycles. The van der Waals surface area contributed by atoms with E-state index in [0.717, 1.165) is 20.6 Å². The number of aromatic nitrogens is 1. The minimum Gasteiger partial charge on any atom is -0.298 e. The molecule has 0 spiro atoms. The van der Waals surface area contributed by atoms with E-state index < -0.39 is 0 Å². The molecule has 2 aromatic carbocycles. The van der Waals surface area contributed by atoms with E-state index in [4.69, 9.17) is 0 Å². The molecule has 5 heteroatoms. The molecule has 0 unspecified atom stereocenters. The number of nitrogens with zero attached hydrogens (tertiary/aromatic N) is 1. The standard InChI is InChI=1S/C17H13BrN2OS/c1-11-15(12-7-3-2-4-8-12)22-17(19-11)20-16(21)13-9-5-6-10-14(13)18/h2-10H,1H3,(H,19,20,21). The lowest BCUT2D eigenvalue weighted by Gasteiger charge is -2.03. The molecule has 0 fully saturated rings. The fraction of sp³-hybridized carbons (Fsp3) is 0.0588. The van der Waals surface area contributed by atoms with Gasteiger partial charge in [-0.05, 0) is 40.5 Å². The van der Waals surface area contributed by atoms with Crippen molar-refractivity contribution in [1.82, 2.24) is 4.98 Å². The zero-order valence-electron chi connectivity index (χ0n) is 11.8. The molecule has 0 atom stereocenters. The second kappa shape index (κ2) is 6.42. The first-order chi connectivity index (χ1) is 10.6. The molecule has 0 aliphatic heterocycles. The van der Waals surface area contributed by atoms with E-state index in [9.17, 15) is 4.79 Å². The molecule has 0 saturated carbocycles. The van der Waals surface area contributed by atoms with E-state index in [1.54, 1.807) is 6.07 Å². The van der Waals surface area contributed by atoms with Gasteiger partial charge in [0.05, 0.1) is 16.1 Å². The van der Waals surface area contributed by atoms with Crippen LogP contribution in [0.15, 0.2) is 59.1 Å². The normalized spacial score (nSPS) is 10.5. The number of aryl methyl sites for hydroxylation is 1. The summed E-state index contributed by atoms with van der Waals surface area (Å²) >= 11 is 4.87. The summed E-state index contributed by atoms with van der Waals surface area (Å²) in [5.41, 5.74) is 2.62. The summed E-state index contributed by atoms with van der Waals surface area (Å²) < 4.78 is 0.768. The number of carbonyl (C=O) groups is 1. The zero-order chi connectivity index (χ0) is 15.5. The van der Waals surface area contributed by atoms with Crippen molar-refractivity contribution in [1.29, 1.82) is 0 Å². The fourth-order valence-electron chi connectivity index (χ4n) is 2.12. The SMILES string of the molecule is Cc1nc(NC(=O)c2ccccc2Br)sc1-c1ccccc1. The fourth-order valence-corrected chi connectivity index (χ4v) is 3.55. The van der Waals surface area contributed by atoms with Gasteiger partial charge in [-0.1, -0.05) is 53.8 Å². The van der Waals surface area contributed by atoms with E-state index in [1.807, 2.05) is 55.5 Å². The summed E-state index contributed by atoms with van der Waals surface area (Å²) in [6.07, 6.45) is 0. The molecule has 0 bridgehead atoms. The predicted molar refractivity (Wildman–Crippen MR) is 94.4 cm³/mol. The van der Waals surface area contributed by atoms with Crippen LogP contribution < -0.4 is 5.32 Å². The summed E-state index contributed by atoms with van der Waals surface area (Å²) in [6.45, 7) is 1.95. The Morgan fingerprint density at radius 2 is 1.77 bits per heavy atom. The predicted octanol–water partition coefficient (Wildman–Crippen LogP) is 5.13. The van der Waals surface area contributed by atoms with E-state index in [-0.39, 0.29) is 5.91 Å². The van der Waals surface area contributed by atoms with Gasteiger partial charge in [0.2, 0.25) is 0 Å². The topological polar surface area (TPSA) is 42.0 Å². The van der Waals surface area contributed by atoms with Crippen molar-refractivity contribution in [3.8, 4) is 10.4 Å². The first-order valence-electron chi connectivity index (χ1n) is 6.74. The van der Waals surface area contributed by atoms with Crippen molar-refractivity contribution in [2.24, 2.45) is 0 Å². The smallest absolute Gasteiger partial charge is 0.258 e. The number of nitrogens with one attached hydrogen (secondary N) is 1. The van der Waals surface area contributed by atoms with Crippen LogP contribution in [0.3, 0.4) is 0 Å². The molecule has 110 valence electrons. The van der Waals surface area contributed by atoms with Crippen LogP contribution in [0.2, 0.25) is 0 Å². The second-order valence-electron chi connectivity index (χ2n) is 4.73. The lowest BCUT2D eigenvalue weighted by Crippen LogP contribution is -2.12. The Balaban J connectivity index is 1.86. The van der Waals surface area contributed by atoms with Crippen LogP contribution in [0.1, 0.15) is 16.1 Å². The average molecular weight is 373 g/mol. The number of amides is 1. The summed E-state index contributed by atoms with van der Waals surface area (Å²) in [5, 5.41) is 3.48. The van der Waals surface area contributed by atoms with Crippen LogP contribution in [0.4, 0.5) is 5.13 Å². The number of halogens is 1. The highest BCUT2D eigenvalue weighted by Gasteiger charge is 2.14. The Morgan fingerprint density at radius 3 is 2.50 bits per heavy atom. The van der Waals surface area contributed by atoms with Gasteiger partial charge in [-0.2, -0.15) is 0 Å². The van der Waals surface area contributed by atoms with Gasteiger partial charge in [-0.15, -0.1) is 0 Å². The largest absolute Gasteiger partial charge is 0.298 e. The van der Waals surface area contributed by atoms with Gasteiger partial charge in [0.15, 0.2) is 5.13 Å². The molecule has 1 N–H and O–H groups in total. The molecule has 1 amide bonds. The number of rotatable bonds is 3. The molecule has 0 saturated heterocycles. The Labute approximate surface area is 141 Å². The molecule has 0 aliphatic rings. The van der Waals surface area contributed by atoms with Crippen molar-refractivity contribution in [2.75, 3.05) is 5.32 Å². The molecule has 22 heavy (non-hydrogen) atoms. The highest BCUT2D eigenvalue weighted by molar-refractivity contribution is 9.10. The molecular weight excluding hydrogens is 360 g/mol. The van der Waals surface area contributed by atoms with Crippen LogP contribution >= 0.6 is 27.3 Å². The maximum atomic E-state index is 12.3. The van der Waals surface area contributed by atoms with Crippen LogP contribution in [0.5, 0.6) is 0 Å². The number of benzene rings is 2. The van der Waals surface area contributed by atoms with E-state index in [0.29, 0.717) is 10.7 Å². The third-order valence-corrected chi connectivity index (χ3v) is 4.98. The Hall–Kier alpha value is -1.98. The summed E-state index contributed by atoms with van der Waals surface area (Å²) in [4.78, 5) is 17.8. The maximum Gasteiger partial charge on any atom is 0.258 e. The summed E-state index contributed by atoms with van der Waals surface area (Å²) in [5.74, 6) is -0.166. The monoisotopic (exact) mass is 372 g/mol. The number of anilines is 1. The van der Waals surface area contributed by atoms with E-state index in [2.05, 4.69) is 26.2 Å². The molecule has 3 aromatic rings. The van der Waals surface area contributed by atoms with Gasteiger partial charge < -0.3 is 0 Å². The van der Waals surface area contributed by atoms with Gasteiger partial charge in [0.25, 0.3) is 5.91 Å². The summed E-state index contributed by atoms with van der Waals surface area (Å²) in [6, 6.07) is 17.4. The second-order valence-corrected chi connectivity index (χ2v) is 6.59. The Bertz CT molecular complexity index is 815. The third kappa shape index (κ3) is 3.10. The quantitative estimate of drug-likeness (QED) is 0.691. The lowest BCUT2D eigenvalue weighted by molar-refractivity contribution is 0.102. The highest BCUT2D eigenvalue weighted by atomic mass is 79.9. The first kappa shape index (κ1) is 14.9. The molecule has 3 rings (SSSR count). The minimum atomic E-state index is -0.166. The Morgan fingerprint density at radius 1 is 1.09 bits per heavy atom. The molecular formula is C17H13BrN2OS. The molecule has 0 radical (unpaired) electrons. The maximum absolute atomic E-state index is 12.3. The van der Waals surface area contributed by atoms with Crippen LogP contribution in [-0.2, 0) is 0 Å². The molecule has 0 aliphatic carbocycles. The zero-order valence-corrected chi connectivity index (χ0v) is 14.2. The Kier molecular flexibility index (Phi) is 4.36. The van der Waals surface area contributed by atoms with Gasteiger partial charge in [0.1, 0.15) is 0 Å². The highest BCUT2D eigenvalue weighted by Crippen LogP contribution is 2.32. The number of hydrogen-bond acceptors (Lipinski definition) is 3. The van der Waals surface area contributed by atoms with Crippen molar-refractivity contribution in [3.05, 3.63) is 70.3 Å².